The number of sulfonamides is 1. The van der Waals surface area contributed by atoms with E-state index in [1.807, 2.05) is 30.3 Å². The van der Waals surface area contributed by atoms with Crippen molar-refractivity contribution in [2.24, 2.45) is 5.73 Å². The van der Waals surface area contributed by atoms with Gasteiger partial charge in [-0.3, -0.25) is 0 Å². The average molecular weight is 296 g/mol. The van der Waals surface area contributed by atoms with Crippen molar-refractivity contribution < 1.29 is 8.42 Å². The quantitative estimate of drug-likeness (QED) is 0.841. The molecule has 112 valence electrons. The molecule has 4 nitrogen and oxygen atoms in total. The minimum Gasteiger partial charge on any atom is -0.329 e. The zero-order valence-corrected chi connectivity index (χ0v) is 12.6. The molecule has 1 fully saturated rings. The lowest BCUT2D eigenvalue weighted by Gasteiger charge is -2.25. The maximum Gasteiger partial charge on any atom is 0.214 e. The normalized spacial score (nSPS) is 18.9. The highest BCUT2D eigenvalue weighted by molar-refractivity contribution is 7.90. The Labute approximate surface area is 121 Å². The van der Waals surface area contributed by atoms with Gasteiger partial charge in [0.05, 0.1) is 5.25 Å². The van der Waals surface area contributed by atoms with Crippen LogP contribution in [0.25, 0.3) is 0 Å². The number of rotatable bonds is 6. The van der Waals surface area contributed by atoms with E-state index in [4.69, 9.17) is 5.73 Å². The molecule has 2 rings (SSSR count). The molecule has 0 saturated heterocycles. The van der Waals surface area contributed by atoms with Crippen molar-refractivity contribution in [2.45, 2.75) is 49.8 Å². The van der Waals surface area contributed by atoms with Gasteiger partial charge in [0.2, 0.25) is 10.0 Å². The van der Waals surface area contributed by atoms with Crippen molar-refractivity contribution >= 4 is 10.0 Å². The first-order chi connectivity index (χ1) is 9.62. The molecule has 1 aromatic rings. The van der Waals surface area contributed by atoms with Crippen LogP contribution in [-0.2, 0) is 16.4 Å². The number of benzene rings is 1. The summed E-state index contributed by atoms with van der Waals surface area (Å²) in [5.41, 5.74) is 6.84. The van der Waals surface area contributed by atoms with E-state index in [0.29, 0.717) is 13.0 Å². The Bertz CT molecular complexity index is 496. The van der Waals surface area contributed by atoms with Crippen LogP contribution in [0.2, 0.25) is 0 Å². The molecular weight excluding hydrogens is 272 g/mol. The summed E-state index contributed by atoms with van der Waals surface area (Å²) in [6.07, 6.45) is 5.37. The van der Waals surface area contributed by atoms with E-state index in [9.17, 15) is 8.42 Å². The zero-order valence-electron chi connectivity index (χ0n) is 11.8. The van der Waals surface area contributed by atoms with Crippen LogP contribution < -0.4 is 10.5 Å². The molecule has 0 heterocycles. The maximum absolute atomic E-state index is 12.4. The van der Waals surface area contributed by atoms with Crippen LogP contribution >= 0.6 is 0 Å². The van der Waals surface area contributed by atoms with E-state index in [2.05, 4.69) is 4.72 Å². The smallest absolute Gasteiger partial charge is 0.214 e. The Morgan fingerprint density at radius 1 is 1.15 bits per heavy atom. The third-order valence-electron chi connectivity index (χ3n) is 3.93. The van der Waals surface area contributed by atoms with Crippen LogP contribution in [-0.4, -0.2) is 26.3 Å². The molecule has 0 radical (unpaired) electrons. The van der Waals surface area contributed by atoms with Crippen LogP contribution in [0.5, 0.6) is 0 Å². The minimum atomic E-state index is -3.24. The Balaban J connectivity index is 1.98. The van der Waals surface area contributed by atoms with Gasteiger partial charge in [0.25, 0.3) is 0 Å². The van der Waals surface area contributed by atoms with E-state index in [1.165, 1.54) is 0 Å². The molecule has 1 atom stereocenters. The molecule has 0 amide bonds. The standard InChI is InChI=1S/C15H24N2O2S/c16-12-14(11-13-7-3-1-4-8-13)17-20(18,19)15-9-5-2-6-10-15/h1,3-4,7-8,14-15,17H,2,5-6,9-12,16H2. The first-order valence-corrected chi connectivity index (χ1v) is 8.91. The number of hydrogen-bond donors (Lipinski definition) is 2. The Kier molecular flexibility index (Phi) is 5.57. The molecule has 20 heavy (non-hydrogen) atoms. The predicted molar refractivity (Wildman–Crippen MR) is 81.9 cm³/mol. The Morgan fingerprint density at radius 2 is 1.80 bits per heavy atom. The van der Waals surface area contributed by atoms with Crippen molar-refractivity contribution in [1.29, 1.82) is 0 Å². The summed E-state index contributed by atoms with van der Waals surface area (Å²) in [5.74, 6) is 0. The van der Waals surface area contributed by atoms with Gasteiger partial charge in [0.15, 0.2) is 0 Å². The third kappa shape index (κ3) is 4.30. The van der Waals surface area contributed by atoms with Crippen molar-refractivity contribution in [3.8, 4) is 0 Å². The summed E-state index contributed by atoms with van der Waals surface area (Å²) in [7, 11) is -3.24. The fourth-order valence-corrected chi connectivity index (χ4v) is 4.57. The number of hydrogen-bond acceptors (Lipinski definition) is 3. The first-order valence-electron chi connectivity index (χ1n) is 7.37. The van der Waals surface area contributed by atoms with Gasteiger partial charge in [-0.1, -0.05) is 49.6 Å². The van der Waals surface area contributed by atoms with Crippen LogP contribution in [0.3, 0.4) is 0 Å². The predicted octanol–water partition coefficient (Wildman–Crippen LogP) is 1.81. The lowest BCUT2D eigenvalue weighted by atomic mass is 10.0. The molecule has 0 bridgehead atoms. The van der Waals surface area contributed by atoms with E-state index >= 15 is 0 Å². The molecule has 3 N–H and O–H groups in total. The third-order valence-corrected chi connectivity index (χ3v) is 5.94. The lowest BCUT2D eigenvalue weighted by Crippen LogP contribution is -2.46. The summed E-state index contributed by atoms with van der Waals surface area (Å²) in [6.45, 7) is 0.320. The number of nitrogens with two attached hydrogens (primary N) is 1. The molecule has 0 aromatic heterocycles. The van der Waals surface area contributed by atoms with Gasteiger partial charge in [-0.05, 0) is 24.8 Å². The van der Waals surface area contributed by atoms with Gasteiger partial charge in [0.1, 0.15) is 0 Å². The molecule has 1 unspecified atom stereocenters. The fraction of sp³-hybridized carbons (Fsp3) is 0.600. The van der Waals surface area contributed by atoms with E-state index in [1.54, 1.807) is 0 Å². The van der Waals surface area contributed by atoms with E-state index in [-0.39, 0.29) is 11.3 Å². The lowest BCUT2D eigenvalue weighted by molar-refractivity contribution is 0.469. The first kappa shape index (κ1) is 15.5. The molecule has 5 heteroatoms. The van der Waals surface area contributed by atoms with E-state index < -0.39 is 10.0 Å². The van der Waals surface area contributed by atoms with Gasteiger partial charge in [-0.25, -0.2) is 13.1 Å². The molecule has 0 spiro atoms. The Morgan fingerprint density at radius 3 is 2.40 bits per heavy atom. The second kappa shape index (κ2) is 7.20. The van der Waals surface area contributed by atoms with Crippen molar-refractivity contribution in [2.75, 3.05) is 6.54 Å². The van der Waals surface area contributed by atoms with Crippen molar-refractivity contribution in [3.63, 3.8) is 0 Å². The molecule has 1 aliphatic rings. The minimum absolute atomic E-state index is 0.218. The highest BCUT2D eigenvalue weighted by atomic mass is 32.2. The SMILES string of the molecule is NCC(Cc1ccccc1)NS(=O)(=O)C1CCCCC1. The van der Waals surface area contributed by atoms with Gasteiger partial charge in [-0.15, -0.1) is 0 Å². The summed E-state index contributed by atoms with van der Waals surface area (Å²) >= 11 is 0. The maximum atomic E-state index is 12.4. The van der Waals surface area contributed by atoms with E-state index in [0.717, 1.165) is 37.7 Å². The number of nitrogens with one attached hydrogen (secondary N) is 1. The van der Waals surface area contributed by atoms with Crippen LogP contribution in [0.1, 0.15) is 37.7 Å². The molecular formula is C15H24N2O2S. The summed E-state index contributed by atoms with van der Waals surface area (Å²) in [5, 5.41) is -0.235. The summed E-state index contributed by atoms with van der Waals surface area (Å²) < 4.78 is 27.6. The topological polar surface area (TPSA) is 72.2 Å². The zero-order chi connectivity index (χ0) is 14.4. The average Bonchev–Trinajstić information content (AvgIpc) is 2.48. The molecule has 1 aromatic carbocycles. The van der Waals surface area contributed by atoms with Crippen LogP contribution in [0.15, 0.2) is 30.3 Å². The molecule has 1 saturated carbocycles. The largest absolute Gasteiger partial charge is 0.329 e. The van der Waals surface area contributed by atoms with Gasteiger partial charge < -0.3 is 5.73 Å². The van der Waals surface area contributed by atoms with Gasteiger partial charge in [0, 0.05) is 12.6 Å². The second-order valence-electron chi connectivity index (χ2n) is 5.55. The molecule has 0 aliphatic heterocycles. The Hall–Kier alpha value is -0.910. The van der Waals surface area contributed by atoms with Gasteiger partial charge in [-0.2, -0.15) is 0 Å². The highest BCUT2D eigenvalue weighted by Gasteiger charge is 2.28. The fourth-order valence-electron chi connectivity index (χ4n) is 2.78. The van der Waals surface area contributed by atoms with Crippen LogP contribution in [0.4, 0.5) is 0 Å². The summed E-state index contributed by atoms with van der Waals surface area (Å²) in [6, 6.07) is 9.64. The monoisotopic (exact) mass is 296 g/mol. The second-order valence-corrected chi connectivity index (χ2v) is 7.54. The van der Waals surface area contributed by atoms with Crippen molar-refractivity contribution in [1.82, 2.24) is 4.72 Å². The van der Waals surface area contributed by atoms with Crippen molar-refractivity contribution in [3.05, 3.63) is 35.9 Å². The van der Waals surface area contributed by atoms with Gasteiger partial charge >= 0.3 is 0 Å². The summed E-state index contributed by atoms with van der Waals surface area (Å²) in [4.78, 5) is 0. The van der Waals surface area contributed by atoms with Crippen LogP contribution in [0, 0.1) is 0 Å². The highest BCUT2D eigenvalue weighted by Crippen LogP contribution is 2.23. The molecule has 1 aliphatic carbocycles.